The van der Waals surface area contributed by atoms with Crippen LogP contribution in [0.15, 0.2) is 74.8 Å². The van der Waals surface area contributed by atoms with Gasteiger partial charge in [-0.05, 0) is 48.5 Å². The van der Waals surface area contributed by atoms with E-state index in [1.54, 1.807) is 18.2 Å². The molecule has 3 rings (SSSR count). The summed E-state index contributed by atoms with van der Waals surface area (Å²) in [5.41, 5.74) is 0. The van der Waals surface area contributed by atoms with Crippen LogP contribution in [0.25, 0.3) is 0 Å². The van der Waals surface area contributed by atoms with Gasteiger partial charge in [0.25, 0.3) is 5.91 Å². The summed E-state index contributed by atoms with van der Waals surface area (Å²) in [6.07, 6.45) is 2.75. The Balaban J connectivity index is 1.87. The summed E-state index contributed by atoms with van der Waals surface area (Å²) in [7, 11) is -3.80. The highest BCUT2D eigenvalue weighted by Gasteiger charge is 2.32. The molecule has 1 unspecified atom stereocenters. The van der Waals surface area contributed by atoms with Gasteiger partial charge in [0.1, 0.15) is 11.0 Å². The summed E-state index contributed by atoms with van der Waals surface area (Å²) in [6, 6.07) is 12.0. The van der Waals surface area contributed by atoms with Crippen LogP contribution in [-0.4, -0.2) is 20.9 Å². The van der Waals surface area contributed by atoms with E-state index < -0.39 is 21.0 Å². The monoisotopic (exact) mass is 379 g/mol. The van der Waals surface area contributed by atoms with E-state index in [0.29, 0.717) is 5.02 Å². The quantitative estimate of drug-likeness (QED) is 0.708. The first-order valence-corrected chi connectivity index (χ1v) is 9.25. The lowest BCUT2D eigenvalue weighted by Gasteiger charge is -2.16. The van der Waals surface area contributed by atoms with Crippen molar-refractivity contribution in [3.63, 3.8) is 0 Å². The van der Waals surface area contributed by atoms with Gasteiger partial charge in [-0.15, -0.1) is 0 Å². The number of carbonyl (C=O) groups excluding carboxylic acids is 1. The molecule has 8 heteroatoms. The molecular weight excluding hydrogens is 366 g/mol. The number of carbonyl (C=O) groups is 1. The highest BCUT2D eigenvalue weighted by Crippen LogP contribution is 2.29. The molecule has 6 nitrogen and oxygen atoms in total. The Morgan fingerprint density at radius 1 is 1.04 bits per heavy atom. The van der Waals surface area contributed by atoms with Crippen molar-refractivity contribution >= 4 is 27.3 Å². The van der Waals surface area contributed by atoms with Gasteiger partial charge in [-0.2, -0.15) is 0 Å². The lowest BCUT2D eigenvalue weighted by atomic mass is 10.3. The Morgan fingerprint density at radius 3 is 2.32 bits per heavy atom. The molecule has 1 atom stereocenters. The zero-order chi connectivity index (χ0) is 17.9. The van der Waals surface area contributed by atoms with Crippen molar-refractivity contribution in [3.05, 3.63) is 77.6 Å². The Morgan fingerprint density at radius 2 is 1.72 bits per heavy atom. The molecule has 3 aromatic rings. The maximum absolute atomic E-state index is 13.0. The van der Waals surface area contributed by atoms with E-state index >= 15 is 0 Å². The number of halogens is 1. The molecule has 1 amide bonds. The summed E-state index contributed by atoms with van der Waals surface area (Å²) in [5, 5.41) is 1.91. The fourth-order valence-electron chi connectivity index (χ4n) is 2.31. The van der Waals surface area contributed by atoms with Gasteiger partial charge in [-0.1, -0.05) is 11.6 Å². The predicted octanol–water partition coefficient (Wildman–Crippen LogP) is 3.47. The molecule has 0 aliphatic heterocycles. The first-order chi connectivity index (χ1) is 12.0. The molecule has 0 spiro atoms. The van der Waals surface area contributed by atoms with Gasteiger partial charge in [0, 0.05) is 11.6 Å². The van der Waals surface area contributed by atoms with Crippen LogP contribution in [0.3, 0.4) is 0 Å². The van der Waals surface area contributed by atoms with E-state index in [9.17, 15) is 13.2 Å². The number of furan rings is 2. The molecule has 1 aromatic carbocycles. The van der Waals surface area contributed by atoms with Crippen LogP contribution >= 0.6 is 11.6 Å². The second-order valence-electron chi connectivity index (χ2n) is 5.19. The number of hydrogen-bond acceptors (Lipinski definition) is 5. The molecule has 0 radical (unpaired) electrons. The highest BCUT2D eigenvalue weighted by atomic mass is 35.5. The van der Waals surface area contributed by atoms with Gasteiger partial charge >= 0.3 is 0 Å². The average molecular weight is 380 g/mol. The molecule has 0 saturated heterocycles. The van der Waals surface area contributed by atoms with E-state index in [1.165, 1.54) is 42.9 Å². The van der Waals surface area contributed by atoms with Crippen LogP contribution in [0.2, 0.25) is 5.02 Å². The molecule has 0 aliphatic carbocycles. The number of hydrogen-bond donors (Lipinski definition) is 1. The number of sulfone groups is 1. The number of nitrogens with one attached hydrogen (secondary N) is 1. The van der Waals surface area contributed by atoms with Crippen LogP contribution in [0.5, 0.6) is 0 Å². The second kappa shape index (κ2) is 7.16. The van der Waals surface area contributed by atoms with Crippen molar-refractivity contribution in [2.45, 2.75) is 10.1 Å². The van der Waals surface area contributed by atoms with Crippen molar-refractivity contribution in [3.8, 4) is 0 Å². The largest absolute Gasteiger partial charge is 0.468 e. The van der Waals surface area contributed by atoms with Crippen molar-refractivity contribution < 1.29 is 22.0 Å². The molecule has 1 N–H and O–H groups in total. The van der Waals surface area contributed by atoms with Crippen LogP contribution in [-0.2, 0) is 9.84 Å². The summed E-state index contributed by atoms with van der Waals surface area (Å²) < 4.78 is 36.2. The Labute approximate surface area is 149 Å². The third kappa shape index (κ3) is 3.78. The average Bonchev–Trinajstić information content (AvgIpc) is 3.29. The van der Waals surface area contributed by atoms with Gasteiger partial charge in [-0.25, -0.2) is 8.42 Å². The van der Waals surface area contributed by atoms with Crippen LogP contribution in [0, 0.1) is 0 Å². The molecule has 2 aromatic heterocycles. The second-order valence-corrected chi connectivity index (χ2v) is 7.76. The molecule has 2 heterocycles. The fraction of sp³-hybridized carbons (Fsp3) is 0.118. The van der Waals surface area contributed by atoms with E-state index in [-0.39, 0.29) is 23.0 Å². The maximum atomic E-state index is 13.0. The van der Waals surface area contributed by atoms with Gasteiger partial charge in [0.15, 0.2) is 15.6 Å². The van der Waals surface area contributed by atoms with Gasteiger partial charge < -0.3 is 14.2 Å². The van der Waals surface area contributed by atoms with Gasteiger partial charge in [0.05, 0.1) is 17.4 Å². The summed E-state index contributed by atoms with van der Waals surface area (Å²) in [5.74, 6) is -0.176. The van der Waals surface area contributed by atoms with Crippen molar-refractivity contribution in [2.24, 2.45) is 0 Å². The molecule has 0 aliphatic rings. The standard InChI is InChI=1S/C17H14ClNO5S/c18-12-5-7-13(8-6-12)25(21,22)16(14-3-1-9-23-14)11-19-17(20)15-4-2-10-24-15/h1-10,16H,11H2,(H,19,20). The molecule has 130 valence electrons. The van der Waals surface area contributed by atoms with Crippen molar-refractivity contribution in [1.82, 2.24) is 5.32 Å². The van der Waals surface area contributed by atoms with E-state index in [0.717, 1.165) is 0 Å². The topological polar surface area (TPSA) is 89.5 Å². The number of rotatable bonds is 6. The lowest BCUT2D eigenvalue weighted by Crippen LogP contribution is -2.31. The molecule has 25 heavy (non-hydrogen) atoms. The van der Waals surface area contributed by atoms with Gasteiger partial charge in [0.2, 0.25) is 0 Å². The van der Waals surface area contributed by atoms with Crippen molar-refractivity contribution in [1.29, 1.82) is 0 Å². The third-order valence-corrected chi connectivity index (χ3v) is 5.90. The minimum Gasteiger partial charge on any atom is -0.468 e. The molecule has 0 bridgehead atoms. The zero-order valence-electron chi connectivity index (χ0n) is 12.9. The molecule has 0 saturated carbocycles. The normalized spacial score (nSPS) is 12.7. The summed E-state index contributed by atoms with van der Waals surface area (Å²) >= 11 is 5.82. The molecular formula is C17H14ClNO5S. The minimum absolute atomic E-state index is 0.0885. The SMILES string of the molecule is O=C(NCC(c1ccco1)S(=O)(=O)c1ccc(Cl)cc1)c1ccco1. The Bertz CT molecular complexity index is 932. The first kappa shape index (κ1) is 17.3. The van der Waals surface area contributed by atoms with Gasteiger partial charge in [-0.3, -0.25) is 4.79 Å². The van der Waals surface area contributed by atoms with Crippen LogP contribution < -0.4 is 5.32 Å². The summed E-state index contributed by atoms with van der Waals surface area (Å²) in [4.78, 5) is 12.1. The van der Waals surface area contributed by atoms with Crippen LogP contribution in [0.4, 0.5) is 0 Å². The Kier molecular flexibility index (Phi) is 4.96. The van der Waals surface area contributed by atoms with E-state index in [2.05, 4.69) is 5.32 Å². The van der Waals surface area contributed by atoms with E-state index in [4.69, 9.17) is 20.4 Å². The predicted molar refractivity (Wildman–Crippen MR) is 91.1 cm³/mol. The zero-order valence-corrected chi connectivity index (χ0v) is 14.5. The van der Waals surface area contributed by atoms with Crippen molar-refractivity contribution in [2.75, 3.05) is 6.54 Å². The highest BCUT2D eigenvalue weighted by molar-refractivity contribution is 7.91. The lowest BCUT2D eigenvalue weighted by molar-refractivity contribution is 0.0925. The molecule has 0 fully saturated rings. The first-order valence-electron chi connectivity index (χ1n) is 7.33. The Hall–Kier alpha value is -2.51. The smallest absolute Gasteiger partial charge is 0.287 e. The number of amides is 1. The third-order valence-electron chi connectivity index (χ3n) is 3.57. The minimum atomic E-state index is -3.80. The fourth-order valence-corrected chi connectivity index (χ4v) is 4.02. The van der Waals surface area contributed by atoms with E-state index in [1.807, 2.05) is 0 Å². The number of benzene rings is 1. The maximum Gasteiger partial charge on any atom is 0.287 e. The van der Waals surface area contributed by atoms with Crippen LogP contribution in [0.1, 0.15) is 21.6 Å². The summed E-state index contributed by atoms with van der Waals surface area (Å²) in [6.45, 7) is -0.169.